The normalized spacial score (nSPS) is 17.6. The van der Waals surface area contributed by atoms with E-state index in [1.807, 2.05) is 0 Å². The van der Waals surface area contributed by atoms with Gasteiger partial charge in [-0.25, -0.2) is 0 Å². The van der Waals surface area contributed by atoms with Crippen molar-refractivity contribution in [2.75, 3.05) is 0 Å². The third-order valence-electron chi connectivity index (χ3n) is 2.58. The Morgan fingerprint density at radius 2 is 2.00 bits per heavy atom. The molecule has 0 atom stereocenters. The molecule has 1 aliphatic rings. The van der Waals surface area contributed by atoms with Gasteiger partial charge in [-0.1, -0.05) is 12.1 Å². The van der Waals surface area contributed by atoms with Crippen LogP contribution in [0.5, 0.6) is 5.75 Å². The van der Waals surface area contributed by atoms with Gasteiger partial charge in [0, 0.05) is 0 Å². The van der Waals surface area contributed by atoms with Crippen molar-refractivity contribution in [3.63, 3.8) is 0 Å². The molecule has 0 radical (unpaired) electrons. The molecule has 2 nitrogen and oxygen atoms in total. The molecular formula is C11H8F3NO. The molecular weight excluding hydrogens is 219 g/mol. The number of nitriles is 1. The summed E-state index contributed by atoms with van der Waals surface area (Å²) in [4.78, 5) is 0. The number of benzene rings is 1. The number of hydrogen-bond donors (Lipinski definition) is 0. The van der Waals surface area contributed by atoms with Crippen LogP contribution in [0.2, 0.25) is 0 Å². The first-order valence-electron chi connectivity index (χ1n) is 4.73. The first-order chi connectivity index (χ1) is 7.45. The van der Waals surface area contributed by atoms with Crippen molar-refractivity contribution < 1.29 is 17.9 Å². The lowest BCUT2D eigenvalue weighted by Gasteiger charge is -2.11. The van der Waals surface area contributed by atoms with Crippen LogP contribution in [0.4, 0.5) is 13.2 Å². The molecule has 5 heteroatoms. The summed E-state index contributed by atoms with van der Waals surface area (Å²) in [5, 5.41) is 8.92. The van der Waals surface area contributed by atoms with Gasteiger partial charge in [-0.2, -0.15) is 5.26 Å². The molecule has 84 valence electrons. The van der Waals surface area contributed by atoms with Crippen LogP contribution in [-0.2, 0) is 5.41 Å². The summed E-state index contributed by atoms with van der Waals surface area (Å²) in [5.74, 6) is -0.272. The van der Waals surface area contributed by atoms with Gasteiger partial charge in [0.1, 0.15) is 5.75 Å². The van der Waals surface area contributed by atoms with E-state index in [2.05, 4.69) is 10.8 Å². The Balaban J connectivity index is 2.25. The second-order valence-electron chi connectivity index (χ2n) is 3.77. The van der Waals surface area contributed by atoms with Crippen LogP contribution in [-0.4, -0.2) is 6.36 Å². The van der Waals surface area contributed by atoms with Crippen LogP contribution < -0.4 is 4.74 Å². The lowest BCUT2D eigenvalue weighted by Crippen LogP contribution is -2.17. The molecule has 0 heterocycles. The molecule has 1 saturated carbocycles. The van der Waals surface area contributed by atoms with Crippen LogP contribution in [0.15, 0.2) is 24.3 Å². The Labute approximate surface area is 90.3 Å². The van der Waals surface area contributed by atoms with Crippen molar-refractivity contribution in [1.82, 2.24) is 0 Å². The number of halogens is 3. The molecule has 0 aliphatic heterocycles. The van der Waals surface area contributed by atoms with E-state index in [-0.39, 0.29) is 5.75 Å². The molecule has 2 rings (SSSR count). The highest BCUT2D eigenvalue weighted by molar-refractivity contribution is 5.42. The lowest BCUT2D eigenvalue weighted by molar-refractivity contribution is -0.274. The first-order valence-corrected chi connectivity index (χ1v) is 4.73. The summed E-state index contributed by atoms with van der Waals surface area (Å²) in [6.07, 6.45) is -3.31. The van der Waals surface area contributed by atoms with Gasteiger partial charge < -0.3 is 4.74 Å². The standard InChI is InChI=1S/C11H8F3NO/c12-11(13,14)16-9-3-1-2-8(6-9)10(7-15)4-5-10/h1-3,6H,4-5H2. The fourth-order valence-electron chi connectivity index (χ4n) is 1.58. The van der Waals surface area contributed by atoms with Crippen molar-refractivity contribution in [2.24, 2.45) is 0 Å². The largest absolute Gasteiger partial charge is 0.573 e. The van der Waals surface area contributed by atoms with E-state index in [1.54, 1.807) is 6.07 Å². The summed E-state index contributed by atoms with van der Waals surface area (Å²) < 4.78 is 39.7. The van der Waals surface area contributed by atoms with Crippen molar-refractivity contribution in [2.45, 2.75) is 24.6 Å². The number of hydrogen-bond acceptors (Lipinski definition) is 2. The van der Waals surface area contributed by atoms with E-state index >= 15 is 0 Å². The molecule has 0 bridgehead atoms. The zero-order valence-electron chi connectivity index (χ0n) is 8.21. The molecule has 0 spiro atoms. The van der Waals surface area contributed by atoms with Crippen molar-refractivity contribution in [1.29, 1.82) is 5.26 Å². The van der Waals surface area contributed by atoms with Crippen LogP contribution in [0.25, 0.3) is 0 Å². The maximum Gasteiger partial charge on any atom is 0.573 e. The summed E-state index contributed by atoms with van der Waals surface area (Å²) in [6.45, 7) is 0. The Morgan fingerprint density at radius 1 is 1.31 bits per heavy atom. The number of rotatable bonds is 2. The fraction of sp³-hybridized carbons (Fsp3) is 0.364. The maximum absolute atomic E-state index is 12.0. The van der Waals surface area contributed by atoms with Crippen LogP contribution in [0, 0.1) is 11.3 Å². The van der Waals surface area contributed by atoms with Gasteiger partial charge in [-0.05, 0) is 30.5 Å². The van der Waals surface area contributed by atoms with Gasteiger partial charge in [0.2, 0.25) is 0 Å². The molecule has 0 aromatic heterocycles. The highest BCUT2D eigenvalue weighted by atomic mass is 19.4. The summed E-state index contributed by atoms with van der Waals surface area (Å²) in [5.41, 5.74) is 0.00192. The molecule has 0 amide bonds. The van der Waals surface area contributed by atoms with Gasteiger partial charge in [0.15, 0.2) is 0 Å². The minimum atomic E-state index is -4.69. The molecule has 1 aromatic carbocycles. The number of nitrogens with zero attached hydrogens (tertiary/aromatic N) is 1. The van der Waals surface area contributed by atoms with E-state index in [4.69, 9.17) is 5.26 Å². The van der Waals surface area contributed by atoms with E-state index < -0.39 is 11.8 Å². The predicted octanol–water partition coefficient (Wildman–Crippen LogP) is 3.14. The van der Waals surface area contributed by atoms with E-state index in [9.17, 15) is 13.2 Å². The average Bonchev–Trinajstić information content (AvgIpc) is 2.96. The lowest BCUT2D eigenvalue weighted by atomic mass is 9.98. The average molecular weight is 227 g/mol. The molecule has 0 saturated heterocycles. The van der Waals surface area contributed by atoms with Crippen molar-refractivity contribution >= 4 is 0 Å². The molecule has 0 unspecified atom stereocenters. The van der Waals surface area contributed by atoms with Gasteiger partial charge in [-0.3, -0.25) is 0 Å². The van der Waals surface area contributed by atoms with Gasteiger partial charge in [0.25, 0.3) is 0 Å². The smallest absolute Gasteiger partial charge is 0.406 e. The van der Waals surface area contributed by atoms with Gasteiger partial charge >= 0.3 is 6.36 Å². The van der Waals surface area contributed by atoms with Crippen LogP contribution in [0.1, 0.15) is 18.4 Å². The monoisotopic (exact) mass is 227 g/mol. The third kappa shape index (κ3) is 2.11. The zero-order chi connectivity index (χ0) is 11.8. The Kier molecular flexibility index (Phi) is 2.30. The second kappa shape index (κ2) is 3.41. The molecule has 0 N–H and O–H groups in total. The van der Waals surface area contributed by atoms with E-state index in [0.29, 0.717) is 18.4 Å². The topological polar surface area (TPSA) is 33.0 Å². The van der Waals surface area contributed by atoms with Crippen molar-refractivity contribution in [3.8, 4) is 11.8 Å². The predicted molar refractivity (Wildman–Crippen MR) is 49.7 cm³/mol. The molecule has 1 fully saturated rings. The Hall–Kier alpha value is -1.70. The maximum atomic E-state index is 12.0. The minimum absolute atomic E-state index is 0.272. The molecule has 16 heavy (non-hydrogen) atoms. The highest BCUT2D eigenvalue weighted by Crippen LogP contribution is 2.48. The SMILES string of the molecule is N#CC1(c2cccc(OC(F)(F)F)c2)CC1. The van der Waals surface area contributed by atoms with Gasteiger partial charge in [0.05, 0.1) is 11.5 Å². The summed E-state index contributed by atoms with van der Waals surface area (Å²) in [7, 11) is 0. The second-order valence-corrected chi connectivity index (χ2v) is 3.77. The fourth-order valence-corrected chi connectivity index (χ4v) is 1.58. The summed E-state index contributed by atoms with van der Waals surface area (Å²) >= 11 is 0. The summed E-state index contributed by atoms with van der Waals surface area (Å²) in [6, 6.07) is 7.75. The number of ether oxygens (including phenoxy) is 1. The third-order valence-corrected chi connectivity index (χ3v) is 2.58. The number of alkyl halides is 3. The first kappa shape index (κ1) is 10.8. The van der Waals surface area contributed by atoms with Crippen LogP contribution >= 0.6 is 0 Å². The van der Waals surface area contributed by atoms with Gasteiger partial charge in [-0.15, -0.1) is 13.2 Å². The highest BCUT2D eigenvalue weighted by Gasteiger charge is 2.45. The Bertz CT molecular complexity index is 443. The van der Waals surface area contributed by atoms with E-state index in [0.717, 1.165) is 0 Å². The quantitative estimate of drug-likeness (QED) is 0.777. The molecule has 1 aromatic rings. The van der Waals surface area contributed by atoms with Crippen LogP contribution in [0.3, 0.4) is 0 Å². The van der Waals surface area contributed by atoms with E-state index in [1.165, 1.54) is 18.2 Å². The molecule has 1 aliphatic carbocycles. The minimum Gasteiger partial charge on any atom is -0.406 e. The Morgan fingerprint density at radius 3 is 2.50 bits per heavy atom. The zero-order valence-corrected chi connectivity index (χ0v) is 8.21. The van der Waals surface area contributed by atoms with Crippen molar-refractivity contribution in [3.05, 3.63) is 29.8 Å².